The largest absolute Gasteiger partial charge is 0.397 e. The topological polar surface area (TPSA) is 192 Å². The number of aliphatic hydroxyl groups is 4. The summed E-state index contributed by atoms with van der Waals surface area (Å²) < 4.78 is 47.5. The minimum absolute atomic E-state index is 0.162. The van der Waals surface area contributed by atoms with Crippen molar-refractivity contribution in [1.29, 1.82) is 0 Å². The Labute approximate surface area is 352 Å². The fourth-order valence-electron chi connectivity index (χ4n) is 7.09. The van der Waals surface area contributed by atoms with Gasteiger partial charge in [-0.05, 0) is 38.5 Å². The Bertz CT molecular complexity index is 1180. The highest BCUT2D eigenvalue weighted by atomic mass is 32.3. The molecule has 6 N–H and O–H groups in total. The third-order valence-corrected chi connectivity index (χ3v) is 11.1. The molecule has 0 aromatic carbocycles. The summed E-state index contributed by atoms with van der Waals surface area (Å²) in [6.45, 7) is 3.33. The van der Waals surface area contributed by atoms with Crippen LogP contribution in [0.2, 0.25) is 0 Å². The third-order valence-electron chi connectivity index (χ3n) is 10.7. The first kappa shape index (κ1) is 54.3. The van der Waals surface area contributed by atoms with Crippen LogP contribution in [0.5, 0.6) is 0 Å². The Morgan fingerprint density at radius 1 is 0.690 bits per heavy atom. The second-order valence-electron chi connectivity index (χ2n) is 16.0. The lowest BCUT2D eigenvalue weighted by atomic mass is 9.99. The van der Waals surface area contributed by atoms with Crippen molar-refractivity contribution in [1.82, 2.24) is 5.32 Å². The number of hydrogen-bond acceptors (Lipinski definition) is 10. The number of carbonyl (C=O) groups excluding carboxylic acids is 1. The van der Waals surface area contributed by atoms with Crippen LogP contribution < -0.4 is 5.32 Å². The monoisotopic (exact) mass is 846 g/mol. The molecule has 1 amide bonds. The molecule has 7 unspecified atom stereocenters. The van der Waals surface area contributed by atoms with Gasteiger partial charge in [0.2, 0.25) is 5.91 Å². The van der Waals surface area contributed by atoms with Gasteiger partial charge in [-0.3, -0.25) is 9.35 Å². The fourth-order valence-corrected chi connectivity index (χ4v) is 7.60. The van der Waals surface area contributed by atoms with Crippen LogP contribution in [0.4, 0.5) is 0 Å². The molecule has 12 nitrogen and oxygen atoms in total. The van der Waals surface area contributed by atoms with Gasteiger partial charge in [-0.1, -0.05) is 179 Å². The Balaban J connectivity index is 2.57. The van der Waals surface area contributed by atoms with E-state index in [1.165, 1.54) is 128 Å². The lowest BCUT2D eigenvalue weighted by Gasteiger charge is -2.41. The first-order valence-electron chi connectivity index (χ1n) is 22.9. The lowest BCUT2D eigenvalue weighted by molar-refractivity contribution is -0.298. The Morgan fingerprint density at radius 2 is 1.16 bits per heavy atom. The van der Waals surface area contributed by atoms with E-state index in [0.29, 0.717) is 6.42 Å². The molecule has 1 aliphatic heterocycles. The van der Waals surface area contributed by atoms with Crippen LogP contribution in [-0.4, -0.2) is 95.4 Å². The maximum atomic E-state index is 13.0. The van der Waals surface area contributed by atoms with E-state index in [0.717, 1.165) is 32.1 Å². The quantitative estimate of drug-likeness (QED) is 0.0198. The molecule has 1 saturated heterocycles. The van der Waals surface area contributed by atoms with Crippen molar-refractivity contribution in [2.24, 2.45) is 0 Å². The van der Waals surface area contributed by atoms with Crippen LogP contribution in [-0.2, 0) is 28.9 Å². The lowest BCUT2D eigenvalue weighted by Crippen LogP contribution is -2.61. The maximum absolute atomic E-state index is 13.0. The zero-order valence-corrected chi connectivity index (χ0v) is 36.9. The van der Waals surface area contributed by atoms with Crippen molar-refractivity contribution in [3.63, 3.8) is 0 Å². The SMILES string of the molecule is CCCCCCCC/C=C\C/C=C\CCC(=O)NC(COC1OC(CO)C(O)C(OS(=O)(=O)O)C1O)C(O)/C=C/CCCCCCCCCCCCCCCCCC. The number of hydrogen-bond donors (Lipinski definition) is 6. The third kappa shape index (κ3) is 28.7. The van der Waals surface area contributed by atoms with Crippen LogP contribution in [0, 0.1) is 0 Å². The van der Waals surface area contributed by atoms with Gasteiger partial charge in [0.05, 0.1) is 25.4 Å². The highest BCUT2D eigenvalue weighted by molar-refractivity contribution is 7.80. The molecule has 0 aromatic rings. The van der Waals surface area contributed by atoms with Crippen molar-refractivity contribution >= 4 is 16.3 Å². The minimum Gasteiger partial charge on any atom is -0.394 e. The van der Waals surface area contributed by atoms with E-state index in [2.05, 4.69) is 35.5 Å². The van der Waals surface area contributed by atoms with Crippen molar-refractivity contribution < 1.29 is 51.8 Å². The molecular weight excluding hydrogens is 763 g/mol. The van der Waals surface area contributed by atoms with Crippen LogP contribution in [0.3, 0.4) is 0 Å². The highest BCUT2D eigenvalue weighted by Crippen LogP contribution is 2.26. The predicted octanol–water partition coefficient (Wildman–Crippen LogP) is 8.72. The first-order chi connectivity index (χ1) is 28.0. The van der Waals surface area contributed by atoms with Gasteiger partial charge in [-0.15, -0.1) is 0 Å². The molecule has 340 valence electrons. The number of nitrogens with one attached hydrogen (secondary N) is 1. The second-order valence-corrected chi connectivity index (χ2v) is 17.0. The zero-order chi connectivity index (χ0) is 42.7. The van der Waals surface area contributed by atoms with E-state index in [9.17, 15) is 33.6 Å². The van der Waals surface area contributed by atoms with Crippen molar-refractivity contribution in [3.05, 3.63) is 36.5 Å². The number of rotatable bonds is 38. The normalized spacial score (nSPS) is 21.4. The van der Waals surface area contributed by atoms with Gasteiger partial charge in [0, 0.05) is 6.42 Å². The molecule has 1 heterocycles. The molecule has 0 saturated carbocycles. The highest BCUT2D eigenvalue weighted by Gasteiger charge is 2.48. The Morgan fingerprint density at radius 3 is 1.64 bits per heavy atom. The molecule has 0 bridgehead atoms. The van der Waals surface area contributed by atoms with Crippen LogP contribution in [0.1, 0.15) is 187 Å². The molecule has 0 aliphatic carbocycles. The number of allylic oxidation sites excluding steroid dienone is 5. The summed E-state index contributed by atoms with van der Waals surface area (Å²) in [4.78, 5) is 13.0. The first-order valence-corrected chi connectivity index (χ1v) is 24.2. The average molecular weight is 846 g/mol. The minimum atomic E-state index is -5.09. The zero-order valence-electron chi connectivity index (χ0n) is 36.1. The van der Waals surface area contributed by atoms with Gasteiger partial charge in [0.25, 0.3) is 0 Å². The fraction of sp³-hybridized carbons (Fsp3) is 0.844. The van der Waals surface area contributed by atoms with E-state index < -0.39 is 59.9 Å². The van der Waals surface area contributed by atoms with Gasteiger partial charge < -0.3 is 35.2 Å². The molecular formula is C45H83NO11S. The molecule has 0 spiro atoms. The van der Waals surface area contributed by atoms with Crippen LogP contribution >= 0.6 is 0 Å². The second kappa shape index (κ2) is 36.0. The van der Waals surface area contributed by atoms with Gasteiger partial charge >= 0.3 is 10.4 Å². The molecule has 0 radical (unpaired) electrons. The van der Waals surface area contributed by atoms with E-state index in [4.69, 9.17) is 14.0 Å². The van der Waals surface area contributed by atoms with E-state index in [-0.39, 0.29) is 18.9 Å². The molecule has 1 rings (SSSR count). The average Bonchev–Trinajstić information content (AvgIpc) is 3.19. The summed E-state index contributed by atoms with van der Waals surface area (Å²) in [5.74, 6) is -0.330. The van der Waals surface area contributed by atoms with Gasteiger partial charge in [-0.25, -0.2) is 4.18 Å². The van der Waals surface area contributed by atoms with Crippen molar-refractivity contribution in [2.75, 3.05) is 13.2 Å². The van der Waals surface area contributed by atoms with Crippen LogP contribution in [0.15, 0.2) is 36.5 Å². The number of ether oxygens (including phenoxy) is 2. The summed E-state index contributed by atoms with van der Waals surface area (Å²) in [5.41, 5.74) is 0. The van der Waals surface area contributed by atoms with E-state index in [1.54, 1.807) is 6.08 Å². The molecule has 1 fully saturated rings. The Hall–Kier alpha value is -1.68. The van der Waals surface area contributed by atoms with E-state index in [1.807, 2.05) is 18.2 Å². The molecule has 58 heavy (non-hydrogen) atoms. The van der Waals surface area contributed by atoms with Gasteiger partial charge in [-0.2, -0.15) is 8.42 Å². The molecule has 7 atom stereocenters. The maximum Gasteiger partial charge on any atom is 0.397 e. The molecule has 0 aromatic heterocycles. The van der Waals surface area contributed by atoms with E-state index >= 15 is 0 Å². The predicted molar refractivity (Wildman–Crippen MR) is 231 cm³/mol. The number of carbonyl (C=O) groups is 1. The van der Waals surface area contributed by atoms with Crippen molar-refractivity contribution in [3.8, 4) is 0 Å². The summed E-state index contributed by atoms with van der Waals surface area (Å²) in [5, 5.41) is 44.6. The molecule has 1 aliphatic rings. The summed E-state index contributed by atoms with van der Waals surface area (Å²) in [6, 6.07) is -0.973. The standard InChI is InChI=1S/C45H83NO11S/c1-3-5-7-9-11-13-15-17-18-19-20-21-23-24-26-28-30-32-34-39(48)38(37-55-45-43(51)44(57-58(52,53)54)42(50)40(36-47)56-45)46-41(49)35-33-31-29-27-25-22-16-14-12-10-8-6-4-2/h22,25,29,31-32,34,38-40,42-45,47-48,50-51H,3-21,23-24,26-28,30,33,35-37H2,1-2H3,(H,46,49)(H,52,53,54)/b25-22-,31-29-,34-32+. The van der Waals surface area contributed by atoms with Gasteiger partial charge in [0.1, 0.15) is 24.4 Å². The number of amides is 1. The van der Waals surface area contributed by atoms with Crippen LogP contribution in [0.25, 0.3) is 0 Å². The number of unbranched alkanes of at least 4 members (excludes halogenated alkanes) is 22. The summed E-state index contributed by atoms with van der Waals surface area (Å²) >= 11 is 0. The summed E-state index contributed by atoms with van der Waals surface area (Å²) in [6.07, 6.45) is 33.4. The molecule has 13 heteroatoms. The smallest absolute Gasteiger partial charge is 0.394 e. The Kier molecular flexibility index (Phi) is 33.7. The number of aliphatic hydroxyl groups excluding tert-OH is 4. The van der Waals surface area contributed by atoms with Gasteiger partial charge in [0.15, 0.2) is 6.29 Å². The summed E-state index contributed by atoms with van der Waals surface area (Å²) in [7, 11) is -5.09. The van der Waals surface area contributed by atoms with Crippen molar-refractivity contribution in [2.45, 2.75) is 230 Å².